The summed E-state index contributed by atoms with van der Waals surface area (Å²) in [5, 5.41) is 4.46. The number of urea groups is 1. The minimum atomic E-state index is -4.41. The fraction of sp³-hybridized carbons (Fsp3) is 0.316. The first-order valence-electron chi connectivity index (χ1n) is 9.60. The van der Waals surface area contributed by atoms with Gasteiger partial charge in [0.15, 0.2) is 5.82 Å². The van der Waals surface area contributed by atoms with E-state index < -0.39 is 27.8 Å². The number of anilines is 3. The number of likely N-dealkylation sites (N-methyl/N-ethyl adjacent to an activating group) is 1. The Kier molecular flexibility index (Phi) is 5.62. The van der Waals surface area contributed by atoms with Crippen LogP contribution in [0.25, 0.3) is 0 Å². The van der Waals surface area contributed by atoms with E-state index in [0.717, 1.165) is 13.1 Å². The third-order valence-electron chi connectivity index (χ3n) is 5.14. The van der Waals surface area contributed by atoms with Crippen LogP contribution in [0, 0.1) is 0 Å². The molecule has 2 aliphatic heterocycles. The van der Waals surface area contributed by atoms with Crippen LogP contribution in [-0.4, -0.2) is 73.0 Å². The zero-order valence-electron chi connectivity index (χ0n) is 16.8. The summed E-state index contributed by atoms with van der Waals surface area (Å²) >= 11 is 0. The van der Waals surface area contributed by atoms with Gasteiger partial charge in [0.25, 0.3) is 16.0 Å². The fourth-order valence-electron chi connectivity index (χ4n) is 3.63. The van der Waals surface area contributed by atoms with Gasteiger partial charge in [0.2, 0.25) is 0 Å². The van der Waals surface area contributed by atoms with Gasteiger partial charge in [-0.3, -0.25) is 14.8 Å². The molecule has 11 nitrogen and oxygen atoms in total. The molecule has 1 aromatic carbocycles. The maximum atomic E-state index is 13.3. The van der Waals surface area contributed by atoms with Crippen LogP contribution in [0.5, 0.6) is 0 Å². The van der Waals surface area contributed by atoms with E-state index in [-0.39, 0.29) is 22.6 Å². The number of rotatable bonds is 3. The molecule has 3 N–H and O–H groups in total. The summed E-state index contributed by atoms with van der Waals surface area (Å²) < 4.78 is 32.4. The minimum Gasteiger partial charge on any atom is -0.319 e. The summed E-state index contributed by atoms with van der Waals surface area (Å²) in [4.78, 5) is 34.0. The van der Waals surface area contributed by atoms with Crippen LogP contribution in [0.2, 0.25) is 0 Å². The van der Waals surface area contributed by atoms with Crippen LogP contribution in [0.3, 0.4) is 0 Å². The molecule has 2 aromatic rings. The molecule has 0 unspecified atom stereocenters. The van der Waals surface area contributed by atoms with Crippen molar-refractivity contribution in [1.29, 1.82) is 0 Å². The van der Waals surface area contributed by atoms with Gasteiger partial charge in [0.05, 0.1) is 16.9 Å². The average molecular weight is 446 g/mol. The number of nitrogens with one attached hydrogen (secondary N) is 2. The first-order valence-corrected chi connectivity index (χ1v) is 11.2. The van der Waals surface area contributed by atoms with Gasteiger partial charge in [0.1, 0.15) is 5.75 Å². The summed E-state index contributed by atoms with van der Waals surface area (Å²) in [5.41, 5.74) is 3.37. The van der Waals surface area contributed by atoms with Gasteiger partial charge in [-0.15, -0.1) is 0 Å². The third-order valence-corrected chi connectivity index (χ3v) is 5.82. The number of fused-ring (bicyclic) bond motifs is 2. The van der Waals surface area contributed by atoms with Crippen molar-refractivity contribution in [2.24, 2.45) is 0 Å². The standard InChI is InChI=1S/C19H22N6O5S/c1-23-8-10-24(11-9-23)22-19(27)25-15-6-2-4-13(12-31(28,29)30)16(15)18(26)21-14-5-3-7-20-17(14)25/h2-7H,8-12H2,1H3,(H,21,26)(H,22,27)(H,28,29,30). The lowest BCUT2D eigenvalue weighted by Gasteiger charge is -2.34. The molecule has 3 amide bonds. The first-order chi connectivity index (χ1) is 14.7. The van der Waals surface area contributed by atoms with Crippen molar-refractivity contribution >= 4 is 39.2 Å². The topological polar surface area (TPSA) is 135 Å². The lowest BCUT2D eigenvalue weighted by Crippen LogP contribution is -2.55. The van der Waals surface area contributed by atoms with Crippen molar-refractivity contribution in [1.82, 2.24) is 20.3 Å². The van der Waals surface area contributed by atoms with E-state index in [1.807, 2.05) is 7.05 Å². The number of benzene rings is 1. The van der Waals surface area contributed by atoms with Crippen LogP contribution < -0.4 is 15.6 Å². The van der Waals surface area contributed by atoms with Gasteiger partial charge in [-0.2, -0.15) is 8.42 Å². The van der Waals surface area contributed by atoms with Crippen LogP contribution in [-0.2, 0) is 15.9 Å². The number of nitrogens with zero attached hydrogens (tertiary/aromatic N) is 4. The maximum Gasteiger partial charge on any atom is 0.342 e. The smallest absolute Gasteiger partial charge is 0.319 e. The fourth-order valence-corrected chi connectivity index (χ4v) is 4.27. The second kappa shape index (κ2) is 8.23. The molecule has 0 atom stereocenters. The summed E-state index contributed by atoms with van der Waals surface area (Å²) in [6.07, 6.45) is 1.49. The molecule has 31 heavy (non-hydrogen) atoms. The second-order valence-corrected chi connectivity index (χ2v) is 8.86. The molecular weight excluding hydrogens is 424 g/mol. The summed E-state index contributed by atoms with van der Waals surface area (Å²) in [5.74, 6) is -1.16. The highest BCUT2D eigenvalue weighted by Gasteiger charge is 2.33. The summed E-state index contributed by atoms with van der Waals surface area (Å²) in [6, 6.07) is 7.17. The van der Waals surface area contributed by atoms with Gasteiger partial charge in [-0.25, -0.2) is 19.7 Å². The largest absolute Gasteiger partial charge is 0.342 e. The third kappa shape index (κ3) is 4.51. The van der Waals surface area contributed by atoms with E-state index >= 15 is 0 Å². The van der Waals surface area contributed by atoms with E-state index in [9.17, 15) is 22.6 Å². The maximum absolute atomic E-state index is 13.3. The Morgan fingerprint density at radius 3 is 2.65 bits per heavy atom. The van der Waals surface area contributed by atoms with Gasteiger partial charge in [-0.1, -0.05) is 12.1 Å². The molecular formula is C19H22N6O5S. The van der Waals surface area contributed by atoms with E-state index in [0.29, 0.717) is 18.8 Å². The number of piperazine rings is 1. The molecule has 1 fully saturated rings. The number of pyridine rings is 1. The van der Waals surface area contributed by atoms with Crippen molar-refractivity contribution in [3.63, 3.8) is 0 Å². The van der Waals surface area contributed by atoms with Gasteiger partial charge < -0.3 is 10.2 Å². The predicted molar refractivity (Wildman–Crippen MR) is 114 cm³/mol. The molecule has 164 valence electrons. The molecule has 0 saturated carbocycles. The van der Waals surface area contributed by atoms with Crippen molar-refractivity contribution in [2.75, 3.05) is 43.4 Å². The van der Waals surface area contributed by atoms with Gasteiger partial charge in [0, 0.05) is 32.4 Å². The predicted octanol–water partition coefficient (Wildman–Crippen LogP) is 1.05. The Bertz CT molecular complexity index is 1130. The second-order valence-electron chi connectivity index (χ2n) is 7.41. The van der Waals surface area contributed by atoms with Crippen LogP contribution in [0.4, 0.5) is 22.0 Å². The number of carbonyl (C=O) groups is 2. The lowest BCUT2D eigenvalue weighted by atomic mass is 10.1. The van der Waals surface area contributed by atoms with Crippen LogP contribution >= 0.6 is 0 Å². The van der Waals surface area contributed by atoms with Crippen LogP contribution in [0.15, 0.2) is 36.5 Å². The van der Waals surface area contributed by atoms with Crippen molar-refractivity contribution in [3.8, 4) is 0 Å². The highest BCUT2D eigenvalue weighted by molar-refractivity contribution is 7.85. The quantitative estimate of drug-likeness (QED) is 0.596. The lowest BCUT2D eigenvalue weighted by molar-refractivity contribution is 0.102. The van der Waals surface area contributed by atoms with Gasteiger partial charge >= 0.3 is 6.03 Å². The van der Waals surface area contributed by atoms with Gasteiger partial charge in [-0.05, 0) is 30.8 Å². The Morgan fingerprint density at radius 2 is 1.94 bits per heavy atom. The molecule has 0 radical (unpaired) electrons. The normalized spacial score (nSPS) is 17.4. The van der Waals surface area contributed by atoms with Crippen molar-refractivity contribution in [3.05, 3.63) is 47.7 Å². The molecule has 4 rings (SSSR count). The number of hydrogen-bond acceptors (Lipinski definition) is 7. The van der Waals surface area contributed by atoms with E-state index in [4.69, 9.17) is 0 Å². The number of aromatic nitrogens is 1. The highest BCUT2D eigenvalue weighted by Crippen LogP contribution is 2.38. The zero-order valence-corrected chi connectivity index (χ0v) is 17.6. The number of hydrazine groups is 1. The summed E-state index contributed by atoms with van der Waals surface area (Å²) in [7, 11) is -2.41. The zero-order chi connectivity index (χ0) is 22.2. The van der Waals surface area contributed by atoms with E-state index in [1.54, 1.807) is 17.1 Å². The summed E-state index contributed by atoms with van der Waals surface area (Å²) in [6.45, 7) is 2.81. The molecule has 0 bridgehead atoms. The molecule has 0 spiro atoms. The number of hydrogen-bond donors (Lipinski definition) is 3. The molecule has 12 heteroatoms. The Hall–Kier alpha value is -3.06. The van der Waals surface area contributed by atoms with Crippen molar-refractivity contribution in [2.45, 2.75) is 5.75 Å². The minimum absolute atomic E-state index is 0.0216. The first kappa shape index (κ1) is 21.2. The molecule has 2 aliphatic rings. The SMILES string of the molecule is CN1CCN(NC(=O)N2c3cccc(CS(=O)(=O)O)c3C(=O)Nc3cccnc32)CC1. The number of amides is 3. The van der Waals surface area contributed by atoms with Crippen molar-refractivity contribution < 1.29 is 22.6 Å². The number of carbonyl (C=O) groups excluding carboxylic acids is 2. The molecule has 1 saturated heterocycles. The Balaban J connectivity index is 1.79. The Morgan fingerprint density at radius 1 is 1.19 bits per heavy atom. The highest BCUT2D eigenvalue weighted by atomic mass is 32.2. The molecule has 0 aliphatic carbocycles. The average Bonchev–Trinajstić information content (AvgIpc) is 2.82. The monoisotopic (exact) mass is 446 g/mol. The van der Waals surface area contributed by atoms with Crippen LogP contribution in [0.1, 0.15) is 15.9 Å². The Labute approximate surface area is 179 Å². The van der Waals surface area contributed by atoms with E-state index in [2.05, 4.69) is 20.6 Å². The van der Waals surface area contributed by atoms with E-state index in [1.165, 1.54) is 29.3 Å². The molecule has 1 aromatic heterocycles. The molecule has 3 heterocycles.